The summed E-state index contributed by atoms with van der Waals surface area (Å²) in [5, 5.41) is 19.9. The van der Waals surface area contributed by atoms with E-state index in [2.05, 4.69) is 0 Å². The first kappa shape index (κ1) is 18.1. The van der Waals surface area contributed by atoms with Crippen LogP contribution < -0.4 is 0 Å². The van der Waals surface area contributed by atoms with Crippen LogP contribution in [-0.2, 0) is 4.74 Å². The molecule has 7 nitrogen and oxygen atoms in total. The Hall–Kier alpha value is -2.28. The number of piperazine rings is 1. The zero-order valence-electron chi connectivity index (χ0n) is 14.2. The number of nitrogens with zero attached hydrogens (tertiary/aromatic N) is 2. The number of rotatable bonds is 2. The zero-order valence-corrected chi connectivity index (χ0v) is 14.2. The van der Waals surface area contributed by atoms with E-state index in [-0.39, 0.29) is 19.6 Å². The third-order valence-corrected chi connectivity index (χ3v) is 3.82. The molecule has 2 amide bonds. The molecule has 1 aromatic carbocycles. The van der Waals surface area contributed by atoms with Crippen LogP contribution in [-0.4, -0.2) is 63.5 Å². The number of aliphatic hydroxyl groups is 1. The van der Waals surface area contributed by atoms with Crippen molar-refractivity contribution in [2.75, 3.05) is 19.6 Å². The molecule has 7 heteroatoms. The molecule has 2 rings (SSSR count). The molecule has 0 aromatic heterocycles. The Labute approximate surface area is 141 Å². The first-order valence-corrected chi connectivity index (χ1v) is 7.89. The minimum atomic E-state index is -1.07. The number of amides is 2. The van der Waals surface area contributed by atoms with Gasteiger partial charge >= 0.3 is 12.2 Å². The normalized spacial score (nSPS) is 19.8. The van der Waals surface area contributed by atoms with Gasteiger partial charge in [0, 0.05) is 19.6 Å². The Balaban J connectivity index is 2.24. The fourth-order valence-electron chi connectivity index (χ4n) is 2.67. The fraction of sp³-hybridized carbons (Fsp3) is 0.529. The number of aliphatic hydroxyl groups excluding tert-OH is 1. The van der Waals surface area contributed by atoms with Crippen molar-refractivity contribution in [3.63, 3.8) is 0 Å². The van der Waals surface area contributed by atoms with Crippen molar-refractivity contribution in [2.45, 2.75) is 38.5 Å². The van der Waals surface area contributed by atoms with Crippen molar-refractivity contribution in [3.8, 4) is 0 Å². The molecule has 24 heavy (non-hydrogen) atoms. The number of benzene rings is 1. The van der Waals surface area contributed by atoms with Crippen LogP contribution in [0, 0.1) is 0 Å². The smallest absolute Gasteiger partial charge is 0.410 e. The van der Waals surface area contributed by atoms with Crippen LogP contribution >= 0.6 is 0 Å². The molecule has 0 spiro atoms. The Morgan fingerprint density at radius 3 is 2.38 bits per heavy atom. The minimum Gasteiger partial charge on any atom is -0.465 e. The monoisotopic (exact) mass is 336 g/mol. The molecule has 0 saturated carbocycles. The molecule has 2 N–H and O–H groups in total. The van der Waals surface area contributed by atoms with Crippen molar-refractivity contribution in [1.82, 2.24) is 9.80 Å². The summed E-state index contributed by atoms with van der Waals surface area (Å²) in [6.07, 6.45) is -2.61. The second-order valence-electron chi connectivity index (χ2n) is 6.83. The molecule has 1 heterocycles. The summed E-state index contributed by atoms with van der Waals surface area (Å²) in [4.78, 5) is 26.4. The van der Waals surface area contributed by atoms with Crippen LogP contribution in [0.3, 0.4) is 0 Å². The van der Waals surface area contributed by atoms with E-state index >= 15 is 0 Å². The molecular weight excluding hydrogens is 312 g/mol. The van der Waals surface area contributed by atoms with E-state index < -0.39 is 29.9 Å². The van der Waals surface area contributed by atoms with Gasteiger partial charge in [-0.3, -0.25) is 4.90 Å². The van der Waals surface area contributed by atoms with Gasteiger partial charge < -0.3 is 19.8 Å². The summed E-state index contributed by atoms with van der Waals surface area (Å²) in [6.45, 7) is 5.69. The maximum Gasteiger partial charge on any atom is 0.410 e. The van der Waals surface area contributed by atoms with E-state index in [1.807, 2.05) is 6.07 Å². The van der Waals surface area contributed by atoms with Crippen LogP contribution in [0.25, 0.3) is 0 Å². The van der Waals surface area contributed by atoms with Gasteiger partial charge in [0.2, 0.25) is 0 Å². The molecule has 0 bridgehead atoms. The largest absolute Gasteiger partial charge is 0.465 e. The van der Waals surface area contributed by atoms with Crippen LogP contribution in [0.15, 0.2) is 30.3 Å². The van der Waals surface area contributed by atoms with E-state index in [9.17, 15) is 19.8 Å². The SMILES string of the molecule is CC(C)(C)OC(=O)N1CCN(C(=O)O)CC1C(O)c1ccccc1. The van der Waals surface area contributed by atoms with Gasteiger partial charge in [0.05, 0.1) is 6.04 Å². The second kappa shape index (κ2) is 7.09. The van der Waals surface area contributed by atoms with Gasteiger partial charge in [-0.1, -0.05) is 30.3 Å². The molecule has 1 aliphatic heterocycles. The van der Waals surface area contributed by atoms with Crippen molar-refractivity contribution >= 4 is 12.2 Å². The van der Waals surface area contributed by atoms with E-state index in [0.29, 0.717) is 5.56 Å². The van der Waals surface area contributed by atoms with E-state index in [0.717, 1.165) is 0 Å². The van der Waals surface area contributed by atoms with E-state index in [1.54, 1.807) is 45.0 Å². The zero-order chi connectivity index (χ0) is 17.9. The molecule has 2 atom stereocenters. The van der Waals surface area contributed by atoms with Gasteiger partial charge in [0.1, 0.15) is 11.7 Å². The number of ether oxygens (including phenoxy) is 1. The summed E-state index contributed by atoms with van der Waals surface area (Å²) in [5.74, 6) is 0. The highest BCUT2D eigenvalue weighted by Crippen LogP contribution is 2.26. The fourth-order valence-corrected chi connectivity index (χ4v) is 2.67. The van der Waals surface area contributed by atoms with Gasteiger partial charge in [0.15, 0.2) is 0 Å². The summed E-state index contributed by atoms with van der Waals surface area (Å²) in [7, 11) is 0. The first-order chi connectivity index (χ1) is 11.2. The van der Waals surface area contributed by atoms with Gasteiger partial charge in [-0.15, -0.1) is 0 Å². The molecule has 1 saturated heterocycles. The highest BCUT2D eigenvalue weighted by atomic mass is 16.6. The lowest BCUT2D eigenvalue weighted by molar-refractivity contribution is -0.0299. The highest BCUT2D eigenvalue weighted by molar-refractivity contribution is 5.70. The Morgan fingerprint density at radius 1 is 1.21 bits per heavy atom. The second-order valence-corrected chi connectivity index (χ2v) is 6.83. The van der Waals surface area contributed by atoms with Crippen LogP contribution in [0.2, 0.25) is 0 Å². The summed E-state index contributed by atoms with van der Waals surface area (Å²) >= 11 is 0. The predicted octanol–water partition coefficient (Wildman–Crippen LogP) is 2.32. The third kappa shape index (κ3) is 4.38. The molecule has 1 fully saturated rings. The standard InChI is InChI=1S/C17H24N2O5/c1-17(2,3)24-16(23)19-10-9-18(15(21)22)11-13(19)14(20)12-7-5-4-6-8-12/h4-8,13-14,20H,9-11H2,1-3H3,(H,21,22). The van der Waals surface area contributed by atoms with Gasteiger partial charge in [-0.05, 0) is 26.3 Å². The van der Waals surface area contributed by atoms with Crippen molar-refractivity contribution < 1.29 is 24.5 Å². The summed E-state index contributed by atoms with van der Waals surface area (Å²) < 4.78 is 5.40. The Bertz CT molecular complexity index is 584. The number of carbonyl (C=O) groups excluding carboxylic acids is 1. The molecule has 132 valence electrons. The number of carbonyl (C=O) groups is 2. The molecule has 2 unspecified atom stereocenters. The maximum absolute atomic E-state index is 12.5. The minimum absolute atomic E-state index is 0.0324. The van der Waals surface area contributed by atoms with Crippen LogP contribution in [0.1, 0.15) is 32.4 Å². The van der Waals surface area contributed by atoms with Crippen molar-refractivity contribution in [2.24, 2.45) is 0 Å². The van der Waals surface area contributed by atoms with Crippen molar-refractivity contribution in [1.29, 1.82) is 0 Å². The lowest BCUT2D eigenvalue weighted by Crippen LogP contribution is -2.59. The molecular formula is C17H24N2O5. The predicted molar refractivity (Wildman–Crippen MR) is 87.7 cm³/mol. The summed E-state index contributed by atoms with van der Waals surface area (Å²) in [6, 6.07) is 8.19. The third-order valence-electron chi connectivity index (χ3n) is 3.82. The lowest BCUT2D eigenvalue weighted by atomic mass is 9.99. The molecule has 1 aromatic rings. The molecule has 0 radical (unpaired) electrons. The lowest BCUT2D eigenvalue weighted by Gasteiger charge is -2.42. The first-order valence-electron chi connectivity index (χ1n) is 7.89. The topological polar surface area (TPSA) is 90.3 Å². The number of hydrogen-bond acceptors (Lipinski definition) is 4. The summed E-state index contributed by atoms with van der Waals surface area (Å²) in [5.41, 5.74) is -0.0354. The Kier molecular flexibility index (Phi) is 5.33. The highest BCUT2D eigenvalue weighted by Gasteiger charge is 2.39. The van der Waals surface area contributed by atoms with Crippen LogP contribution in [0.5, 0.6) is 0 Å². The maximum atomic E-state index is 12.5. The van der Waals surface area contributed by atoms with Gasteiger partial charge in [-0.25, -0.2) is 9.59 Å². The van der Waals surface area contributed by atoms with E-state index in [1.165, 1.54) is 9.80 Å². The van der Waals surface area contributed by atoms with Gasteiger partial charge in [0.25, 0.3) is 0 Å². The molecule has 1 aliphatic rings. The number of hydrogen-bond donors (Lipinski definition) is 2. The quantitative estimate of drug-likeness (QED) is 0.865. The van der Waals surface area contributed by atoms with Gasteiger partial charge in [-0.2, -0.15) is 0 Å². The Morgan fingerprint density at radius 2 is 1.83 bits per heavy atom. The van der Waals surface area contributed by atoms with Crippen LogP contribution in [0.4, 0.5) is 9.59 Å². The van der Waals surface area contributed by atoms with E-state index in [4.69, 9.17) is 4.74 Å². The average Bonchev–Trinajstić information content (AvgIpc) is 2.52. The van der Waals surface area contributed by atoms with Crippen molar-refractivity contribution in [3.05, 3.63) is 35.9 Å². The molecule has 0 aliphatic carbocycles. The number of carboxylic acid groups (broad SMARTS) is 1. The average molecular weight is 336 g/mol.